The number of halogens is 3. The van der Waals surface area contributed by atoms with Gasteiger partial charge < -0.3 is 4.42 Å². The first kappa shape index (κ1) is 16.7. The van der Waals surface area contributed by atoms with E-state index in [0.29, 0.717) is 17.3 Å². The van der Waals surface area contributed by atoms with Crippen LogP contribution in [0, 0.1) is 6.92 Å². The Morgan fingerprint density at radius 2 is 1.96 bits per heavy atom. The lowest BCUT2D eigenvalue weighted by molar-refractivity contribution is -0.144. The predicted molar refractivity (Wildman–Crippen MR) is 80.4 cm³/mol. The molecule has 2 N–H and O–H groups in total. The second kappa shape index (κ2) is 6.38. The number of hydrogen-bond donors (Lipinski definition) is 2. The Labute approximate surface area is 139 Å². The number of H-pyrrole nitrogens is 1. The van der Waals surface area contributed by atoms with E-state index in [-0.39, 0.29) is 6.42 Å². The van der Waals surface area contributed by atoms with Gasteiger partial charge in [-0.05, 0) is 19.1 Å². The predicted octanol–water partition coefficient (Wildman–Crippen LogP) is 2.97. The third-order valence-corrected chi connectivity index (χ3v) is 3.25. The number of aryl methyl sites for hydroxylation is 1. The van der Waals surface area contributed by atoms with Crippen LogP contribution in [0.15, 0.2) is 34.7 Å². The largest absolute Gasteiger partial charge is 0.451 e. The zero-order valence-corrected chi connectivity index (χ0v) is 12.9. The molecule has 3 aromatic rings. The Morgan fingerprint density at radius 3 is 2.60 bits per heavy atom. The number of aromatic nitrogens is 4. The minimum Gasteiger partial charge on any atom is -0.441 e. The number of carbonyl (C=O) groups excluding carboxylic acids is 1. The SMILES string of the molecule is Cc1oc(-c2ccccc2)nc1CC(=O)Nc1n[nH]c(C(F)(F)F)n1. The molecule has 0 unspecified atom stereocenters. The van der Waals surface area contributed by atoms with Crippen molar-refractivity contribution in [3.8, 4) is 11.5 Å². The van der Waals surface area contributed by atoms with E-state index in [2.05, 4.69) is 20.4 Å². The molecule has 0 aliphatic heterocycles. The highest BCUT2D eigenvalue weighted by atomic mass is 19.4. The van der Waals surface area contributed by atoms with Crippen molar-refractivity contribution in [2.75, 3.05) is 5.32 Å². The summed E-state index contributed by atoms with van der Waals surface area (Å²) >= 11 is 0. The Bertz CT molecular complexity index is 886. The van der Waals surface area contributed by atoms with Crippen LogP contribution in [0.1, 0.15) is 17.3 Å². The van der Waals surface area contributed by atoms with Crippen molar-refractivity contribution in [1.82, 2.24) is 20.2 Å². The van der Waals surface area contributed by atoms with Crippen molar-refractivity contribution >= 4 is 11.9 Å². The summed E-state index contributed by atoms with van der Waals surface area (Å²) in [5.41, 5.74) is 1.13. The van der Waals surface area contributed by atoms with Gasteiger partial charge in [-0.3, -0.25) is 15.2 Å². The van der Waals surface area contributed by atoms with E-state index in [0.717, 1.165) is 5.56 Å². The lowest BCUT2D eigenvalue weighted by Gasteiger charge is -2.00. The number of anilines is 1. The number of alkyl halides is 3. The van der Waals surface area contributed by atoms with Crippen LogP contribution in [0.3, 0.4) is 0 Å². The average Bonchev–Trinajstić information content (AvgIpc) is 3.15. The third kappa shape index (κ3) is 3.84. The monoisotopic (exact) mass is 351 g/mol. The maximum absolute atomic E-state index is 12.4. The lowest BCUT2D eigenvalue weighted by Crippen LogP contribution is -2.16. The van der Waals surface area contributed by atoms with E-state index in [4.69, 9.17) is 4.42 Å². The summed E-state index contributed by atoms with van der Waals surface area (Å²) in [5, 5.41) is 7.21. The number of oxazole rings is 1. The van der Waals surface area contributed by atoms with Gasteiger partial charge in [0.2, 0.25) is 23.6 Å². The van der Waals surface area contributed by atoms with Crippen molar-refractivity contribution in [1.29, 1.82) is 0 Å². The molecule has 0 atom stereocenters. The maximum Gasteiger partial charge on any atom is 0.451 e. The van der Waals surface area contributed by atoms with Crippen LogP contribution in [0.2, 0.25) is 0 Å². The summed E-state index contributed by atoms with van der Waals surface area (Å²) in [6.45, 7) is 1.65. The number of nitrogens with one attached hydrogen (secondary N) is 2. The number of carbonyl (C=O) groups is 1. The average molecular weight is 351 g/mol. The molecular weight excluding hydrogens is 339 g/mol. The standard InChI is InChI=1S/C15H12F3N5O2/c1-8-10(19-12(25-8)9-5-3-2-4-6-9)7-11(24)20-14-21-13(22-23-14)15(16,17)18/h2-6H,7H2,1H3,(H2,20,21,22,23,24). The summed E-state index contributed by atoms with van der Waals surface area (Å²) in [5.74, 6) is -1.55. The molecule has 0 aliphatic rings. The van der Waals surface area contributed by atoms with E-state index in [1.54, 1.807) is 24.2 Å². The van der Waals surface area contributed by atoms with Gasteiger partial charge in [0.15, 0.2) is 0 Å². The highest BCUT2D eigenvalue weighted by molar-refractivity contribution is 5.90. The van der Waals surface area contributed by atoms with Crippen molar-refractivity contribution in [3.05, 3.63) is 47.6 Å². The summed E-state index contributed by atoms with van der Waals surface area (Å²) in [7, 11) is 0. The molecule has 2 heterocycles. The molecule has 3 rings (SSSR count). The van der Waals surface area contributed by atoms with Crippen LogP contribution in [0.25, 0.3) is 11.5 Å². The molecule has 0 radical (unpaired) electrons. The molecule has 1 aromatic carbocycles. The van der Waals surface area contributed by atoms with E-state index in [1.165, 1.54) is 0 Å². The molecule has 0 bridgehead atoms. The van der Waals surface area contributed by atoms with Gasteiger partial charge in [0.25, 0.3) is 0 Å². The number of nitrogens with zero attached hydrogens (tertiary/aromatic N) is 3. The second-order valence-electron chi connectivity index (χ2n) is 5.12. The van der Waals surface area contributed by atoms with Gasteiger partial charge in [-0.15, -0.1) is 5.10 Å². The van der Waals surface area contributed by atoms with E-state index in [1.807, 2.05) is 18.2 Å². The van der Waals surface area contributed by atoms with Crippen LogP contribution >= 0.6 is 0 Å². The maximum atomic E-state index is 12.4. The minimum absolute atomic E-state index is 0.182. The Hall–Kier alpha value is -3.17. The second-order valence-corrected chi connectivity index (χ2v) is 5.12. The molecular formula is C15H12F3N5O2. The lowest BCUT2D eigenvalue weighted by atomic mass is 10.2. The fourth-order valence-corrected chi connectivity index (χ4v) is 2.06. The van der Waals surface area contributed by atoms with Crippen molar-refractivity contribution in [2.45, 2.75) is 19.5 Å². The summed E-state index contributed by atoms with van der Waals surface area (Å²) in [4.78, 5) is 19.4. The zero-order valence-electron chi connectivity index (χ0n) is 12.9. The zero-order chi connectivity index (χ0) is 18.0. The number of amides is 1. The molecule has 7 nitrogen and oxygen atoms in total. The number of benzene rings is 1. The molecule has 25 heavy (non-hydrogen) atoms. The molecule has 0 spiro atoms. The molecule has 0 saturated heterocycles. The molecule has 0 fully saturated rings. The fraction of sp³-hybridized carbons (Fsp3) is 0.200. The first-order chi connectivity index (χ1) is 11.8. The van der Waals surface area contributed by atoms with E-state index >= 15 is 0 Å². The smallest absolute Gasteiger partial charge is 0.441 e. The Balaban J connectivity index is 1.69. The number of rotatable bonds is 4. The van der Waals surface area contributed by atoms with Crippen LogP contribution in [0.4, 0.5) is 19.1 Å². The molecule has 10 heteroatoms. The molecule has 0 saturated carbocycles. The molecule has 130 valence electrons. The third-order valence-electron chi connectivity index (χ3n) is 3.25. The summed E-state index contributed by atoms with van der Waals surface area (Å²) < 4.78 is 42.8. The van der Waals surface area contributed by atoms with Gasteiger partial charge in [-0.2, -0.15) is 18.2 Å². The van der Waals surface area contributed by atoms with Gasteiger partial charge in [0.05, 0.1) is 12.1 Å². The number of hydrogen-bond acceptors (Lipinski definition) is 5. The van der Waals surface area contributed by atoms with Crippen molar-refractivity contribution < 1.29 is 22.4 Å². The fourth-order valence-electron chi connectivity index (χ4n) is 2.06. The molecule has 1 amide bonds. The first-order valence-electron chi connectivity index (χ1n) is 7.14. The van der Waals surface area contributed by atoms with Crippen LogP contribution in [-0.2, 0) is 17.4 Å². The van der Waals surface area contributed by atoms with Gasteiger partial charge in [0.1, 0.15) is 5.76 Å². The Morgan fingerprint density at radius 1 is 1.24 bits per heavy atom. The first-order valence-corrected chi connectivity index (χ1v) is 7.14. The Kier molecular flexibility index (Phi) is 4.26. The topological polar surface area (TPSA) is 96.7 Å². The van der Waals surface area contributed by atoms with E-state index < -0.39 is 23.9 Å². The van der Waals surface area contributed by atoms with Crippen LogP contribution < -0.4 is 5.32 Å². The molecule has 0 aliphatic carbocycles. The van der Waals surface area contributed by atoms with Gasteiger partial charge in [-0.1, -0.05) is 18.2 Å². The normalized spacial score (nSPS) is 11.5. The summed E-state index contributed by atoms with van der Waals surface area (Å²) in [6, 6.07) is 9.11. The van der Waals surface area contributed by atoms with Crippen LogP contribution in [0.5, 0.6) is 0 Å². The minimum atomic E-state index is -4.66. The molecule has 2 aromatic heterocycles. The van der Waals surface area contributed by atoms with Crippen LogP contribution in [-0.4, -0.2) is 26.1 Å². The highest BCUT2D eigenvalue weighted by Gasteiger charge is 2.35. The number of aromatic amines is 1. The van der Waals surface area contributed by atoms with Crippen molar-refractivity contribution in [2.24, 2.45) is 0 Å². The quantitative estimate of drug-likeness (QED) is 0.753. The van der Waals surface area contributed by atoms with Gasteiger partial charge >= 0.3 is 6.18 Å². The highest BCUT2D eigenvalue weighted by Crippen LogP contribution is 2.26. The van der Waals surface area contributed by atoms with E-state index in [9.17, 15) is 18.0 Å². The summed E-state index contributed by atoms with van der Waals surface area (Å²) in [6.07, 6.45) is -4.85. The van der Waals surface area contributed by atoms with Gasteiger partial charge in [-0.25, -0.2) is 4.98 Å². The van der Waals surface area contributed by atoms with Gasteiger partial charge in [0, 0.05) is 5.56 Å². The van der Waals surface area contributed by atoms with Crippen molar-refractivity contribution in [3.63, 3.8) is 0 Å².